The Morgan fingerprint density at radius 1 is 1.53 bits per heavy atom. The molecule has 0 bridgehead atoms. The molecule has 2 heterocycles. The fraction of sp³-hybridized carbons (Fsp3) is 0.200. The van der Waals surface area contributed by atoms with Crippen LogP contribution in [0.2, 0.25) is 0 Å². The van der Waals surface area contributed by atoms with Crippen molar-refractivity contribution in [2.24, 2.45) is 0 Å². The first-order chi connectivity index (χ1) is 8.97. The van der Waals surface area contributed by atoms with E-state index in [-0.39, 0.29) is 16.6 Å². The van der Waals surface area contributed by atoms with Crippen LogP contribution in [-0.4, -0.2) is 26.0 Å². The summed E-state index contributed by atoms with van der Waals surface area (Å²) < 4.78 is 30.6. The molecule has 0 saturated carbocycles. The van der Waals surface area contributed by atoms with Gasteiger partial charge in [-0.1, -0.05) is 11.2 Å². The van der Waals surface area contributed by atoms with Crippen molar-refractivity contribution in [2.45, 2.75) is 11.1 Å². The zero-order valence-electron chi connectivity index (χ0n) is 9.91. The fourth-order valence-electron chi connectivity index (χ4n) is 1.26. The van der Waals surface area contributed by atoms with Gasteiger partial charge in [-0.05, 0) is 18.4 Å². The SMILES string of the molecule is Cc1cc(NC(=O)CNS(=O)(=O)c2cccs2)no1. The smallest absolute Gasteiger partial charge is 0.250 e. The van der Waals surface area contributed by atoms with Gasteiger partial charge in [0, 0.05) is 6.07 Å². The van der Waals surface area contributed by atoms with Crippen LogP contribution in [-0.2, 0) is 14.8 Å². The number of hydrogen-bond acceptors (Lipinski definition) is 6. The van der Waals surface area contributed by atoms with Gasteiger partial charge in [0.1, 0.15) is 9.97 Å². The molecule has 0 aliphatic carbocycles. The Balaban J connectivity index is 1.90. The molecule has 102 valence electrons. The highest BCUT2D eigenvalue weighted by molar-refractivity contribution is 7.91. The van der Waals surface area contributed by atoms with E-state index in [4.69, 9.17) is 4.52 Å². The number of carbonyl (C=O) groups excluding carboxylic acids is 1. The third-order valence-electron chi connectivity index (χ3n) is 2.08. The predicted octanol–water partition coefficient (Wildman–Crippen LogP) is 0.962. The molecule has 0 unspecified atom stereocenters. The highest BCUT2D eigenvalue weighted by Crippen LogP contribution is 2.15. The van der Waals surface area contributed by atoms with Crippen LogP contribution in [0.3, 0.4) is 0 Å². The minimum absolute atomic E-state index is 0.164. The van der Waals surface area contributed by atoms with E-state index in [9.17, 15) is 13.2 Å². The van der Waals surface area contributed by atoms with E-state index in [0.717, 1.165) is 11.3 Å². The van der Waals surface area contributed by atoms with Gasteiger partial charge in [0.2, 0.25) is 5.91 Å². The predicted molar refractivity (Wildman–Crippen MR) is 69.4 cm³/mol. The van der Waals surface area contributed by atoms with E-state index in [0.29, 0.717) is 5.76 Å². The molecule has 2 rings (SSSR count). The van der Waals surface area contributed by atoms with Crippen LogP contribution in [0.15, 0.2) is 32.3 Å². The normalized spacial score (nSPS) is 11.4. The molecular formula is C10H11N3O4S2. The standard InChI is InChI=1S/C10H11N3O4S2/c1-7-5-8(13-17-7)12-9(14)6-11-19(15,16)10-3-2-4-18-10/h2-5,11H,6H2,1H3,(H,12,13,14). The van der Waals surface area contributed by atoms with Gasteiger partial charge in [0.15, 0.2) is 5.82 Å². The van der Waals surface area contributed by atoms with Gasteiger partial charge in [-0.25, -0.2) is 13.1 Å². The summed E-state index contributed by atoms with van der Waals surface area (Å²) in [6.45, 7) is 1.31. The summed E-state index contributed by atoms with van der Waals surface area (Å²) in [5, 5.41) is 7.63. The molecule has 1 amide bonds. The Hall–Kier alpha value is -1.71. The molecule has 9 heteroatoms. The number of rotatable bonds is 5. The van der Waals surface area contributed by atoms with E-state index < -0.39 is 15.9 Å². The van der Waals surface area contributed by atoms with Crippen molar-refractivity contribution >= 4 is 33.1 Å². The lowest BCUT2D eigenvalue weighted by Gasteiger charge is -2.04. The first kappa shape index (κ1) is 13.7. The summed E-state index contributed by atoms with van der Waals surface area (Å²) in [6.07, 6.45) is 0. The maximum absolute atomic E-state index is 11.7. The molecular weight excluding hydrogens is 290 g/mol. The van der Waals surface area contributed by atoms with Gasteiger partial charge in [0.25, 0.3) is 10.0 Å². The van der Waals surface area contributed by atoms with Crippen LogP contribution in [0.25, 0.3) is 0 Å². The van der Waals surface area contributed by atoms with E-state index >= 15 is 0 Å². The number of aromatic nitrogens is 1. The van der Waals surface area contributed by atoms with Crippen molar-refractivity contribution in [1.82, 2.24) is 9.88 Å². The third-order valence-corrected chi connectivity index (χ3v) is 4.88. The maximum atomic E-state index is 11.7. The quantitative estimate of drug-likeness (QED) is 0.856. The number of aryl methyl sites for hydroxylation is 1. The van der Waals surface area contributed by atoms with Crippen molar-refractivity contribution in [1.29, 1.82) is 0 Å². The van der Waals surface area contributed by atoms with Gasteiger partial charge in [-0.15, -0.1) is 11.3 Å². The number of amides is 1. The van der Waals surface area contributed by atoms with Gasteiger partial charge in [0.05, 0.1) is 6.54 Å². The molecule has 0 spiro atoms. The van der Waals surface area contributed by atoms with Crippen LogP contribution in [0.4, 0.5) is 5.82 Å². The zero-order chi connectivity index (χ0) is 13.9. The molecule has 0 atom stereocenters. The second-order valence-electron chi connectivity index (χ2n) is 3.63. The Morgan fingerprint density at radius 2 is 2.32 bits per heavy atom. The third kappa shape index (κ3) is 3.63. The zero-order valence-corrected chi connectivity index (χ0v) is 11.5. The maximum Gasteiger partial charge on any atom is 0.250 e. The van der Waals surface area contributed by atoms with Crippen LogP contribution in [0.5, 0.6) is 0 Å². The van der Waals surface area contributed by atoms with Gasteiger partial charge in [-0.3, -0.25) is 4.79 Å². The van der Waals surface area contributed by atoms with Crippen molar-refractivity contribution in [3.05, 3.63) is 29.3 Å². The summed E-state index contributed by atoms with van der Waals surface area (Å²) in [7, 11) is -3.64. The number of nitrogens with zero attached hydrogens (tertiary/aromatic N) is 1. The average molecular weight is 301 g/mol. The highest BCUT2D eigenvalue weighted by atomic mass is 32.2. The Morgan fingerprint density at radius 3 is 2.89 bits per heavy atom. The number of hydrogen-bond donors (Lipinski definition) is 2. The Kier molecular flexibility index (Phi) is 3.98. The molecule has 0 aliphatic rings. The molecule has 7 nitrogen and oxygen atoms in total. The lowest BCUT2D eigenvalue weighted by Crippen LogP contribution is -2.32. The van der Waals surface area contributed by atoms with E-state index in [1.807, 2.05) is 0 Å². The molecule has 0 saturated heterocycles. The molecule has 0 aliphatic heterocycles. The van der Waals surface area contributed by atoms with Crippen molar-refractivity contribution in [3.8, 4) is 0 Å². The molecule has 2 aromatic heterocycles. The summed E-state index contributed by atoms with van der Waals surface area (Å²) in [5.74, 6) is 0.278. The molecule has 0 radical (unpaired) electrons. The Labute approximate surface area is 113 Å². The molecule has 0 aromatic carbocycles. The molecule has 2 N–H and O–H groups in total. The summed E-state index contributed by atoms with van der Waals surface area (Å²) in [5.41, 5.74) is 0. The highest BCUT2D eigenvalue weighted by Gasteiger charge is 2.16. The largest absolute Gasteiger partial charge is 0.360 e. The fourth-order valence-corrected chi connectivity index (χ4v) is 3.28. The number of anilines is 1. The summed E-state index contributed by atoms with van der Waals surface area (Å²) in [4.78, 5) is 11.5. The van der Waals surface area contributed by atoms with Crippen LogP contribution < -0.4 is 10.0 Å². The monoisotopic (exact) mass is 301 g/mol. The number of carbonyl (C=O) groups is 1. The average Bonchev–Trinajstić information content (AvgIpc) is 2.98. The van der Waals surface area contributed by atoms with Crippen LogP contribution in [0.1, 0.15) is 5.76 Å². The van der Waals surface area contributed by atoms with Gasteiger partial charge >= 0.3 is 0 Å². The Bertz CT molecular complexity index is 661. The second kappa shape index (κ2) is 5.51. The minimum Gasteiger partial charge on any atom is -0.360 e. The molecule has 2 aromatic rings. The molecule has 19 heavy (non-hydrogen) atoms. The van der Waals surface area contributed by atoms with E-state index in [2.05, 4.69) is 15.2 Å². The molecule has 0 fully saturated rings. The van der Waals surface area contributed by atoms with Crippen molar-refractivity contribution in [2.75, 3.05) is 11.9 Å². The van der Waals surface area contributed by atoms with Crippen molar-refractivity contribution in [3.63, 3.8) is 0 Å². The first-order valence-corrected chi connectivity index (χ1v) is 7.60. The topological polar surface area (TPSA) is 101 Å². The van der Waals surface area contributed by atoms with Crippen molar-refractivity contribution < 1.29 is 17.7 Å². The lowest BCUT2D eigenvalue weighted by molar-refractivity contribution is -0.115. The number of thiophene rings is 1. The van der Waals surface area contributed by atoms with E-state index in [1.54, 1.807) is 18.4 Å². The summed E-state index contributed by atoms with van der Waals surface area (Å²) in [6, 6.07) is 4.62. The van der Waals surface area contributed by atoms with Gasteiger partial charge in [-0.2, -0.15) is 0 Å². The number of sulfonamides is 1. The minimum atomic E-state index is -3.64. The van der Waals surface area contributed by atoms with Crippen LogP contribution >= 0.6 is 11.3 Å². The first-order valence-electron chi connectivity index (χ1n) is 5.24. The van der Waals surface area contributed by atoms with Crippen LogP contribution in [0, 0.1) is 6.92 Å². The lowest BCUT2D eigenvalue weighted by atomic mass is 10.5. The number of nitrogens with one attached hydrogen (secondary N) is 2. The second-order valence-corrected chi connectivity index (χ2v) is 6.57. The summed E-state index contributed by atoms with van der Waals surface area (Å²) >= 11 is 1.08. The van der Waals surface area contributed by atoms with Gasteiger partial charge < -0.3 is 9.84 Å². The van der Waals surface area contributed by atoms with E-state index in [1.165, 1.54) is 12.1 Å².